The molecule has 0 fully saturated rings. The first-order chi connectivity index (χ1) is 9.45. The smallest absolute Gasteiger partial charge is 0.341 e. The van der Waals surface area contributed by atoms with Crippen LogP contribution < -0.4 is 5.32 Å². The molecular weight excluding hydrogens is 278 g/mol. The Bertz CT molecular complexity index is 473. The summed E-state index contributed by atoms with van der Waals surface area (Å²) in [6.07, 6.45) is 4.06. The zero-order chi connectivity index (χ0) is 15.1. The van der Waals surface area contributed by atoms with Crippen LogP contribution in [-0.2, 0) is 29.1 Å². The molecule has 0 radical (unpaired) electrons. The van der Waals surface area contributed by atoms with E-state index in [2.05, 4.69) is 10.4 Å². The summed E-state index contributed by atoms with van der Waals surface area (Å²) >= 11 is 0. The van der Waals surface area contributed by atoms with Crippen LogP contribution in [0.2, 0.25) is 0 Å². The summed E-state index contributed by atoms with van der Waals surface area (Å²) in [6.45, 7) is 4.69. The molecule has 1 aromatic rings. The molecular formula is C13H23N3O3S. The molecule has 2 atom stereocenters. The first kappa shape index (κ1) is 16.8. The van der Waals surface area contributed by atoms with Crippen molar-refractivity contribution in [2.75, 3.05) is 18.6 Å². The number of aryl methyl sites for hydroxylation is 1. The second-order valence-electron chi connectivity index (χ2n) is 4.70. The Kier molecular flexibility index (Phi) is 6.87. The molecule has 0 aliphatic carbocycles. The minimum Gasteiger partial charge on any atom is -0.462 e. The first-order valence-electron chi connectivity index (χ1n) is 6.67. The Labute approximate surface area is 122 Å². The number of hydrogen-bond donors (Lipinski definition) is 1. The second kappa shape index (κ2) is 8.16. The molecule has 1 aromatic heterocycles. The van der Waals surface area contributed by atoms with E-state index in [1.165, 1.54) is 6.20 Å². The molecule has 0 aliphatic heterocycles. The van der Waals surface area contributed by atoms with Crippen molar-refractivity contribution in [2.45, 2.75) is 32.9 Å². The molecule has 0 bridgehead atoms. The van der Waals surface area contributed by atoms with Gasteiger partial charge in [0.05, 0.1) is 18.5 Å². The van der Waals surface area contributed by atoms with Crippen molar-refractivity contribution in [3.8, 4) is 0 Å². The summed E-state index contributed by atoms with van der Waals surface area (Å²) < 4.78 is 17.7. The van der Waals surface area contributed by atoms with Crippen LogP contribution in [0.5, 0.6) is 0 Å². The van der Waals surface area contributed by atoms with Crippen molar-refractivity contribution in [1.82, 2.24) is 15.1 Å². The number of aromatic nitrogens is 2. The highest BCUT2D eigenvalue weighted by Crippen LogP contribution is 2.10. The van der Waals surface area contributed by atoms with Gasteiger partial charge in [-0.2, -0.15) is 5.10 Å². The van der Waals surface area contributed by atoms with Gasteiger partial charge in [0.1, 0.15) is 5.56 Å². The summed E-state index contributed by atoms with van der Waals surface area (Å²) in [5.41, 5.74) is 1.29. The van der Waals surface area contributed by atoms with Crippen LogP contribution in [0.1, 0.15) is 36.3 Å². The lowest BCUT2D eigenvalue weighted by Gasteiger charge is -2.14. The van der Waals surface area contributed by atoms with Gasteiger partial charge in [0.25, 0.3) is 0 Å². The van der Waals surface area contributed by atoms with Gasteiger partial charge in [-0.05, 0) is 20.3 Å². The number of hydrogen-bond acceptors (Lipinski definition) is 5. The van der Waals surface area contributed by atoms with Crippen LogP contribution in [0.3, 0.4) is 0 Å². The Hall–Kier alpha value is -1.21. The van der Waals surface area contributed by atoms with Gasteiger partial charge in [0.15, 0.2) is 0 Å². The molecule has 0 saturated heterocycles. The zero-order valence-corrected chi connectivity index (χ0v) is 13.3. The zero-order valence-electron chi connectivity index (χ0n) is 12.5. The fourth-order valence-electron chi connectivity index (χ4n) is 1.77. The van der Waals surface area contributed by atoms with E-state index in [0.717, 1.165) is 12.1 Å². The van der Waals surface area contributed by atoms with Crippen molar-refractivity contribution in [3.05, 3.63) is 17.5 Å². The van der Waals surface area contributed by atoms with Gasteiger partial charge in [-0.1, -0.05) is 0 Å². The highest BCUT2D eigenvalue weighted by atomic mass is 32.2. The monoisotopic (exact) mass is 301 g/mol. The second-order valence-corrected chi connectivity index (χ2v) is 6.25. The molecule has 6 nitrogen and oxygen atoms in total. The highest BCUT2D eigenvalue weighted by Gasteiger charge is 2.17. The number of carbonyl (C=O) groups is 1. The van der Waals surface area contributed by atoms with Crippen molar-refractivity contribution in [1.29, 1.82) is 0 Å². The van der Waals surface area contributed by atoms with Gasteiger partial charge in [0, 0.05) is 42.4 Å². The van der Waals surface area contributed by atoms with E-state index >= 15 is 0 Å². The van der Waals surface area contributed by atoms with E-state index < -0.39 is 10.8 Å². The summed E-state index contributed by atoms with van der Waals surface area (Å²) in [4.78, 5) is 11.8. The Balaban J connectivity index is 2.61. The van der Waals surface area contributed by atoms with Crippen molar-refractivity contribution >= 4 is 16.8 Å². The van der Waals surface area contributed by atoms with E-state index in [9.17, 15) is 9.00 Å². The number of nitrogens with zero attached hydrogens (tertiary/aromatic N) is 2. The molecule has 1 N–H and O–H groups in total. The molecule has 0 aromatic carbocycles. The summed E-state index contributed by atoms with van der Waals surface area (Å²) in [5, 5.41) is 7.41. The third-order valence-corrected chi connectivity index (χ3v) is 3.82. The lowest BCUT2D eigenvalue weighted by molar-refractivity contribution is 0.0524. The van der Waals surface area contributed by atoms with Gasteiger partial charge >= 0.3 is 5.97 Å². The van der Waals surface area contributed by atoms with Crippen molar-refractivity contribution < 1.29 is 13.7 Å². The average molecular weight is 301 g/mol. The molecule has 0 amide bonds. The molecule has 0 spiro atoms. The third kappa shape index (κ3) is 5.05. The van der Waals surface area contributed by atoms with E-state index in [0.29, 0.717) is 24.5 Å². The normalized spacial score (nSPS) is 14.0. The number of nitrogens with one attached hydrogen (secondary N) is 1. The topological polar surface area (TPSA) is 73.2 Å². The molecule has 20 heavy (non-hydrogen) atoms. The van der Waals surface area contributed by atoms with E-state index in [-0.39, 0.29) is 12.0 Å². The van der Waals surface area contributed by atoms with Crippen LogP contribution in [0.25, 0.3) is 0 Å². The van der Waals surface area contributed by atoms with Crippen molar-refractivity contribution in [3.63, 3.8) is 0 Å². The van der Waals surface area contributed by atoms with Crippen molar-refractivity contribution in [2.24, 2.45) is 7.05 Å². The standard InChI is InChI=1S/C13H23N3O3S/c1-5-19-13(17)11-8-15-16(3)12(11)9-14-10(2)6-7-20(4)18/h8,10,14H,5-7,9H2,1-4H3. The highest BCUT2D eigenvalue weighted by molar-refractivity contribution is 7.84. The number of rotatable bonds is 8. The van der Waals surface area contributed by atoms with Gasteiger partial charge in [-0.15, -0.1) is 0 Å². The SMILES string of the molecule is CCOC(=O)c1cnn(C)c1CNC(C)CCS(C)=O. The quantitative estimate of drug-likeness (QED) is 0.720. The van der Waals surface area contributed by atoms with Gasteiger partial charge < -0.3 is 10.1 Å². The largest absolute Gasteiger partial charge is 0.462 e. The fraction of sp³-hybridized carbons (Fsp3) is 0.692. The van der Waals surface area contributed by atoms with Gasteiger partial charge in [0.2, 0.25) is 0 Å². The first-order valence-corrected chi connectivity index (χ1v) is 8.39. The maximum absolute atomic E-state index is 11.8. The molecule has 1 rings (SSSR count). The predicted octanol–water partition coefficient (Wildman–Crippen LogP) is 0.843. The van der Waals surface area contributed by atoms with Crippen LogP contribution >= 0.6 is 0 Å². The minimum atomic E-state index is -0.777. The van der Waals surface area contributed by atoms with Gasteiger partial charge in [-0.25, -0.2) is 4.79 Å². The lowest BCUT2D eigenvalue weighted by atomic mass is 10.2. The van der Waals surface area contributed by atoms with Crippen LogP contribution in [0.15, 0.2) is 6.20 Å². The van der Waals surface area contributed by atoms with E-state index in [1.54, 1.807) is 24.9 Å². The Morgan fingerprint density at radius 3 is 2.90 bits per heavy atom. The molecule has 114 valence electrons. The van der Waals surface area contributed by atoms with Crippen LogP contribution in [0, 0.1) is 0 Å². The lowest BCUT2D eigenvalue weighted by Crippen LogP contribution is -2.28. The molecule has 2 unspecified atom stereocenters. The Morgan fingerprint density at radius 1 is 1.60 bits per heavy atom. The van der Waals surface area contributed by atoms with E-state index in [4.69, 9.17) is 4.74 Å². The number of esters is 1. The predicted molar refractivity (Wildman–Crippen MR) is 79.0 cm³/mol. The Morgan fingerprint density at radius 2 is 2.30 bits per heavy atom. The average Bonchev–Trinajstić information content (AvgIpc) is 2.75. The summed E-state index contributed by atoms with van der Waals surface area (Å²) in [7, 11) is 1.02. The van der Waals surface area contributed by atoms with E-state index in [1.807, 2.05) is 6.92 Å². The van der Waals surface area contributed by atoms with Crippen LogP contribution in [0.4, 0.5) is 0 Å². The van der Waals surface area contributed by atoms with Gasteiger partial charge in [-0.3, -0.25) is 8.89 Å². The number of ether oxygens (including phenoxy) is 1. The minimum absolute atomic E-state index is 0.226. The molecule has 0 saturated carbocycles. The maximum Gasteiger partial charge on any atom is 0.341 e. The molecule has 7 heteroatoms. The summed E-state index contributed by atoms with van der Waals surface area (Å²) in [5.74, 6) is 0.323. The maximum atomic E-state index is 11.8. The number of carbonyl (C=O) groups excluding carboxylic acids is 1. The summed E-state index contributed by atoms with van der Waals surface area (Å²) in [6, 6.07) is 0.226. The third-order valence-electron chi connectivity index (χ3n) is 3.01. The van der Waals surface area contributed by atoms with Crippen LogP contribution in [-0.4, -0.2) is 44.6 Å². The molecule has 1 heterocycles. The molecule has 0 aliphatic rings. The fourth-order valence-corrected chi connectivity index (χ4v) is 2.45.